The number of ether oxygens (including phenoxy) is 1. The van der Waals surface area contributed by atoms with E-state index in [2.05, 4.69) is 0 Å². The van der Waals surface area contributed by atoms with Gasteiger partial charge in [0.1, 0.15) is 5.75 Å². The molecule has 116 valence electrons. The first kappa shape index (κ1) is 16.2. The molecule has 1 aromatic rings. The van der Waals surface area contributed by atoms with E-state index in [1.54, 1.807) is 7.11 Å². The molecule has 0 radical (unpaired) electrons. The third-order valence-electron chi connectivity index (χ3n) is 4.60. The zero-order chi connectivity index (χ0) is 15.3. The monoisotopic (exact) mass is 310 g/mol. The summed E-state index contributed by atoms with van der Waals surface area (Å²) in [6.07, 6.45) is 7.67. The lowest BCUT2D eigenvalue weighted by molar-refractivity contribution is -0.140. The van der Waals surface area contributed by atoms with Gasteiger partial charge >= 0.3 is 5.97 Å². The van der Waals surface area contributed by atoms with Crippen LogP contribution in [0.15, 0.2) is 18.2 Å². The first-order valence-corrected chi connectivity index (χ1v) is 7.97. The van der Waals surface area contributed by atoms with E-state index in [1.165, 1.54) is 6.42 Å². The minimum atomic E-state index is -0.676. The van der Waals surface area contributed by atoms with E-state index >= 15 is 0 Å². The Morgan fingerprint density at radius 3 is 2.62 bits per heavy atom. The van der Waals surface area contributed by atoms with E-state index in [-0.39, 0.29) is 11.8 Å². The number of carboxylic acid groups (broad SMARTS) is 1. The van der Waals surface area contributed by atoms with Crippen LogP contribution in [0.2, 0.25) is 5.02 Å². The van der Waals surface area contributed by atoms with E-state index in [1.807, 2.05) is 18.2 Å². The van der Waals surface area contributed by atoms with Crippen molar-refractivity contribution < 1.29 is 14.6 Å². The lowest BCUT2D eigenvalue weighted by atomic mass is 9.68. The molecule has 4 heteroatoms. The number of hydrogen-bond donors (Lipinski definition) is 1. The second-order valence-corrected chi connectivity index (χ2v) is 6.51. The summed E-state index contributed by atoms with van der Waals surface area (Å²) in [4.78, 5) is 11.2. The summed E-state index contributed by atoms with van der Waals surface area (Å²) in [7, 11) is 1.60. The van der Waals surface area contributed by atoms with Gasteiger partial charge in [-0.15, -0.1) is 0 Å². The maximum Gasteiger partial charge on any atom is 0.303 e. The van der Waals surface area contributed by atoms with Gasteiger partial charge in [-0.3, -0.25) is 4.79 Å². The van der Waals surface area contributed by atoms with Crippen LogP contribution in [-0.2, 0) is 11.2 Å². The predicted octanol–water partition coefficient (Wildman–Crippen LogP) is 4.71. The Kier molecular flexibility index (Phi) is 5.51. The van der Waals surface area contributed by atoms with Crippen LogP contribution in [0.5, 0.6) is 5.75 Å². The highest BCUT2D eigenvalue weighted by molar-refractivity contribution is 6.32. The van der Waals surface area contributed by atoms with Crippen molar-refractivity contribution in [3.8, 4) is 5.75 Å². The van der Waals surface area contributed by atoms with Crippen LogP contribution in [-0.4, -0.2) is 18.2 Å². The van der Waals surface area contributed by atoms with Crippen molar-refractivity contribution in [1.29, 1.82) is 0 Å². The van der Waals surface area contributed by atoms with Gasteiger partial charge in [0, 0.05) is 0 Å². The molecule has 0 aliphatic heterocycles. The molecule has 0 saturated heterocycles. The maximum absolute atomic E-state index is 11.2. The van der Waals surface area contributed by atoms with E-state index in [0.717, 1.165) is 44.1 Å². The number of aryl methyl sites for hydroxylation is 1. The Hall–Kier alpha value is -1.22. The van der Waals surface area contributed by atoms with Gasteiger partial charge in [-0.2, -0.15) is 0 Å². The van der Waals surface area contributed by atoms with Crippen molar-refractivity contribution in [3.05, 3.63) is 28.8 Å². The van der Waals surface area contributed by atoms with Gasteiger partial charge in [0.15, 0.2) is 0 Å². The molecular formula is C17H23ClO3. The second-order valence-electron chi connectivity index (χ2n) is 6.10. The summed E-state index contributed by atoms with van der Waals surface area (Å²) in [5.41, 5.74) is 1.12. The lowest BCUT2D eigenvalue weighted by Gasteiger charge is -2.36. The first-order chi connectivity index (χ1) is 10.0. The van der Waals surface area contributed by atoms with Gasteiger partial charge in [-0.1, -0.05) is 36.9 Å². The van der Waals surface area contributed by atoms with Gasteiger partial charge in [0.25, 0.3) is 0 Å². The average molecular weight is 311 g/mol. The van der Waals surface area contributed by atoms with Gasteiger partial charge in [0.05, 0.1) is 18.6 Å². The van der Waals surface area contributed by atoms with Gasteiger partial charge in [0.2, 0.25) is 0 Å². The normalized spacial score (nSPS) is 17.4. The van der Waals surface area contributed by atoms with Crippen LogP contribution in [0.3, 0.4) is 0 Å². The largest absolute Gasteiger partial charge is 0.495 e. The molecule has 3 nitrogen and oxygen atoms in total. The molecule has 2 rings (SSSR count). The Balaban J connectivity index is 2.04. The van der Waals surface area contributed by atoms with Crippen LogP contribution >= 0.6 is 11.6 Å². The molecular weight excluding hydrogens is 288 g/mol. The number of methoxy groups -OCH3 is 1. The van der Waals surface area contributed by atoms with Gasteiger partial charge in [-0.05, 0) is 48.8 Å². The molecule has 0 spiro atoms. The SMILES string of the molecule is COc1ccc(CCC2(CC(=O)O)CCCCC2)cc1Cl. The molecule has 0 amide bonds. The van der Waals surface area contributed by atoms with Crippen LogP contribution in [0, 0.1) is 5.41 Å². The average Bonchev–Trinajstić information content (AvgIpc) is 2.46. The lowest BCUT2D eigenvalue weighted by Crippen LogP contribution is -2.28. The quantitative estimate of drug-likeness (QED) is 0.828. The third-order valence-corrected chi connectivity index (χ3v) is 4.90. The number of halogens is 1. The van der Waals surface area contributed by atoms with E-state index in [9.17, 15) is 9.90 Å². The van der Waals surface area contributed by atoms with Crippen LogP contribution in [0.1, 0.15) is 50.5 Å². The highest BCUT2D eigenvalue weighted by Gasteiger charge is 2.33. The molecule has 0 heterocycles. The summed E-state index contributed by atoms with van der Waals surface area (Å²) in [6.45, 7) is 0. The first-order valence-electron chi connectivity index (χ1n) is 7.59. The van der Waals surface area contributed by atoms with Crippen LogP contribution in [0.25, 0.3) is 0 Å². The molecule has 1 fully saturated rings. The number of benzene rings is 1. The molecule has 0 bridgehead atoms. The van der Waals surface area contributed by atoms with Gasteiger partial charge in [-0.25, -0.2) is 0 Å². The van der Waals surface area contributed by atoms with Crippen molar-refractivity contribution in [1.82, 2.24) is 0 Å². The zero-order valence-electron chi connectivity index (χ0n) is 12.5. The minimum Gasteiger partial charge on any atom is -0.495 e. The van der Waals surface area contributed by atoms with E-state index in [0.29, 0.717) is 10.8 Å². The predicted molar refractivity (Wildman–Crippen MR) is 84.1 cm³/mol. The highest BCUT2D eigenvalue weighted by Crippen LogP contribution is 2.43. The van der Waals surface area contributed by atoms with Crippen molar-refractivity contribution >= 4 is 17.6 Å². The molecule has 0 atom stereocenters. The Bertz CT molecular complexity index is 493. The topological polar surface area (TPSA) is 46.5 Å². The minimum absolute atomic E-state index is 0.0313. The number of carbonyl (C=O) groups is 1. The molecule has 21 heavy (non-hydrogen) atoms. The van der Waals surface area contributed by atoms with Crippen LogP contribution < -0.4 is 4.74 Å². The van der Waals surface area contributed by atoms with Crippen LogP contribution in [0.4, 0.5) is 0 Å². The van der Waals surface area contributed by atoms with Gasteiger partial charge < -0.3 is 9.84 Å². The molecule has 1 aliphatic carbocycles. The molecule has 0 aromatic heterocycles. The number of hydrogen-bond acceptors (Lipinski definition) is 2. The standard InChI is InChI=1S/C17H23ClO3/c1-21-15-6-5-13(11-14(15)18)7-10-17(12-16(19)20)8-3-2-4-9-17/h5-6,11H,2-4,7-10,12H2,1H3,(H,19,20). The fourth-order valence-electron chi connectivity index (χ4n) is 3.41. The number of aliphatic carboxylic acids is 1. The summed E-state index contributed by atoms with van der Waals surface area (Å²) in [5.74, 6) is 0.00277. The summed E-state index contributed by atoms with van der Waals surface area (Å²) < 4.78 is 5.16. The summed E-state index contributed by atoms with van der Waals surface area (Å²) >= 11 is 6.15. The fourth-order valence-corrected chi connectivity index (χ4v) is 3.69. The van der Waals surface area contributed by atoms with Crippen molar-refractivity contribution in [2.75, 3.05) is 7.11 Å². The highest BCUT2D eigenvalue weighted by atomic mass is 35.5. The fraction of sp³-hybridized carbons (Fsp3) is 0.588. The zero-order valence-corrected chi connectivity index (χ0v) is 13.3. The molecule has 1 aliphatic rings. The van der Waals surface area contributed by atoms with Crippen molar-refractivity contribution in [2.24, 2.45) is 5.41 Å². The Morgan fingerprint density at radius 1 is 1.33 bits per heavy atom. The summed E-state index contributed by atoms with van der Waals surface area (Å²) in [6, 6.07) is 5.82. The number of rotatable bonds is 6. The molecule has 1 aromatic carbocycles. The van der Waals surface area contributed by atoms with Crippen molar-refractivity contribution in [3.63, 3.8) is 0 Å². The second kappa shape index (κ2) is 7.17. The molecule has 1 saturated carbocycles. The Labute approximate surface area is 131 Å². The smallest absolute Gasteiger partial charge is 0.303 e. The van der Waals surface area contributed by atoms with Crippen molar-refractivity contribution in [2.45, 2.75) is 51.4 Å². The maximum atomic E-state index is 11.2. The third kappa shape index (κ3) is 4.37. The van der Waals surface area contributed by atoms with E-state index in [4.69, 9.17) is 16.3 Å². The van der Waals surface area contributed by atoms with E-state index < -0.39 is 5.97 Å². The molecule has 1 N–H and O–H groups in total. The summed E-state index contributed by atoms with van der Waals surface area (Å²) in [5, 5.41) is 9.82. The number of carboxylic acids is 1. The molecule has 0 unspecified atom stereocenters. The Morgan fingerprint density at radius 2 is 2.05 bits per heavy atom.